The number of nitrogens with one attached hydrogen (secondary N) is 1. The van der Waals surface area contributed by atoms with Crippen LogP contribution in [0.3, 0.4) is 0 Å². The number of hydrogen-bond acceptors (Lipinski definition) is 1. The van der Waals surface area contributed by atoms with Crippen molar-refractivity contribution in [2.24, 2.45) is 0 Å². The van der Waals surface area contributed by atoms with Crippen molar-refractivity contribution in [1.29, 1.82) is 0 Å². The fourth-order valence-corrected chi connectivity index (χ4v) is 2.87. The molecule has 0 aliphatic heterocycles. The second kappa shape index (κ2) is 8.63. The number of rotatable bonds is 4. The predicted octanol–water partition coefficient (Wildman–Crippen LogP) is 4.57. The highest BCUT2D eigenvalue weighted by atomic mass is 14.8. The average molecular weight is 281 g/mol. The molecule has 0 saturated heterocycles. The smallest absolute Gasteiger partial charge is 0.00520 e. The lowest BCUT2D eigenvalue weighted by Crippen LogP contribution is -2.06. The van der Waals surface area contributed by atoms with Crippen LogP contribution in [0.1, 0.15) is 42.4 Å². The first-order valence-corrected chi connectivity index (χ1v) is 8.11. The first kappa shape index (κ1) is 15.8. The molecule has 1 heteroatoms. The number of benzene rings is 2. The van der Waals surface area contributed by atoms with Crippen LogP contribution in [0.25, 0.3) is 0 Å². The van der Waals surface area contributed by atoms with E-state index in [2.05, 4.69) is 66.8 Å². The zero-order chi connectivity index (χ0) is 14.9. The van der Waals surface area contributed by atoms with Gasteiger partial charge >= 0.3 is 0 Å². The van der Waals surface area contributed by atoms with Gasteiger partial charge in [0.25, 0.3) is 0 Å². The molecule has 21 heavy (non-hydrogen) atoms. The SMILES string of the molecule is CCCCNC.c1ccc(C2Cc3ccccc3C2)cc1. The Morgan fingerprint density at radius 1 is 0.905 bits per heavy atom. The fourth-order valence-electron chi connectivity index (χ4n) is 2.87. The summed E-state index contributed by atoms with van der Waals surface area (Å²) in [6.07, 6.45) is 5.01. The van der Waals surface area contributed by atoms with Crippen molar-refractivity contribution in [1.82, 2.24) is 5.32 Å². The van der Waals surface area contributed by atoms with Crippen molar-refractivity contribution in [3.8, 4) is 0 Å². The van der Waals surface area contributed by atoms with Crippen molar-refractivity contribution < 1.29 is 0 Å². The number of hydrogen-bond donors (Lipinski definition) is 1. The van der Waals surface area contributed by atoms with E-state index in [0.717, 1.165) is 6.54 Å². The Kier molecular flexibility index (Phi) is 6.49. The lowest BCUT2D eigenvalue weighted by atomic mass is 9.96. The lowest BCUT2D eigenvalue weighted by Gasteiger charge is -2.08. The molecule has 0 saturated carbocycles. The molecule has 2 aromatic carbocycles. The predicted molar refractivity (Wildman–Crippen MR) is 91.9 cm³/mol. The van der Waals surface area contributed by atoms with Crippen molar-refractivity contribution in [3.63, 3.8) is 0 Å². The molecule has 0 fully saturated rings. The van der Waals surface area contributed by atoms with E-state index in [-0.39, 0.29) is 0 Å². The Morgan fingerprint density at radius 3 is 1.95 bits per heavy atom. The highest BCUT2D eigenvalue weighted by Crippen LogP contribution is 2.33. The number of unbranched alkanes of at least 4 members (excludes halogenated alkanes) is 1. The summed E-state index contributed by atoms with van der Waals surface area (Å²) in [6.45, 7) is 3.36. The molecule has 0 spiro atoms. The van der Waals surface area contributed by atoms with Gasteiger partial charge in [0.1, 0.15) is 0 Å². The highest BCUT2D eigenvalue weighted by Gasteiger charge is 2.21. The maximum Gasteiger partial charge on any atom is -0.00520 e. The minimum absolute atomic E-state index is 0.698. The highest BCUT2D eigenvalue weighted by molar-refractivity contribution is 5.37. The molecule has 1 aliphatic carbocycles. The molecule has 0 radical (unpaired) electrons. The van der Waals surface area contributed by atoms with Crippen LogP contribution in [-0.4, -0.2) is 13.6 Å². The number of fused-ring (bicyclic) bond motifs is 1. The Hall–Kier alpha value is -1.60. The van der Waals surface area contributed by atoms with E-state index < -0.39 is 0 Å². The van der Waals surface area contributed by atoms with E-state index in [1.54, 1.807) is 0 Å². The monoisotopic (exact) mass is 281 g/mol. The Morgan fingerprint density at radius 2 is 1.48 bits per heavy atom. The van der Waals surface area contributed by atoms with Gasteiger partial charge in [-0.1, -0.05) is 67.9 Å². The molecular formula is C20H27N. The Balaban J connectivity index is 0.000000232. The minimum atomic E-state index is 0.698. The third-order valence-electron chi connectivity index (χ3n) is 4.10. The van der Waals surface area contributed by atoms with Gasteiger partial charge in [0.05, 0.1) is 0 Å². The first-order chi connectivity index (χ1) is 10.3. The molecule has 1 N–H and O–H groups in total. The quantitative estimate of drug-likeness (QED) is 0.809. The van der Waals surface area contributed by atoms with Gasteiger partial charge in [0.2, 0.25) is 0 Å². The zero-order valence-corrected chi connectivity index (χ0v) is 13.3. The molecule has 1 nitrogen and oxygen atoms in total. The largest absolute Gasteiger partial charge is 0.320 e. The standard InChI is InChI=1S/C15H14.C5H13N/c1-2-6-12(7-3-1)15-10-13-8-4-5-9-14(13)11-15;1-3-4-5-6-2/h1-9,15H,10-11H2;6H,3-5H2,1-2H3. The van der Waals surface area contributed by atoms with Crippen LogP contribution in [-0.2, 0) is 12.8 Å². The molecule has 0 aromatic heterocycles. The van der Waals surface area contributed by atoms with Crippen LogP contribution in [0.5, 0.6) is 0 Å². The summed E-state index contributed by atoms with van der Waals surface area (Å²) in [5.41, 5.74) is 4.55. The Labute approximate surface area is 129 Å². The molecule has 0 heterocycles. The van der Waals surface area contributed by atoms with Gasteiger partial charge in [-0.2, -0.15) is 0 Å². The molecule has 112 valence electrons. The fraction of sp³-hybridized carbons (Fsp3) is 0.400. The third-order valence-corrected chi connectivity index (χ3v) is 4.10. The lowest BCUT2D eigenvalue weighted by molar-refractivity contribution is 0.711. The topological polar surface area (TPSA) is 12.0 Å². The molecule has 0 atom stereocenters. The minimum Gasteiger partial charge on any atom is -0.320 e. The molecule has 0 bridgehead atoms. The van der Waals surface area contributed by atoms with E-state index >= 15 is 0 Å². The normalized spacial score (nSPS) is 13.4. The van der Waals surface area contributed by atoms with Gasteiger partial charge in [-0.15, -0.1) is 0 Å². The van der Waals surface area contributed by atoms with E-state index in [0.29, 0.717) is 5.92 Å². The molecule has 0 amide bonds. The third kappa shape index (κ3) is 4.71. The Bertz CT molecular complexity index is 489. The molecule has 2 aromatic rings. The summed E-state index contributed by atoms with van der Waals surface area (Å²) >= 11 is 0. The van der Waals surface area contributed by atoms with Crippen LogP contribution in [0.15, 0.2) is 54.6 Å². The molecule has 3 rings (SSSR count). The van der Waals surface area contributed by atoms with Gasteiger partial charge in [0, 0.05) is 0 Å². The summed E-state index contributed by atoms with van der Waals surface area (Å²) in [7, 11) is 1.98. The summed E-state index contributed by atoms with van der Waals surface area (Å²) < 4.78 is 0. The van der Waals surface area contributed by atoms with Crippen LogP contribution < -0.4 is 5.32 Å². The van der Waals surface area contributed by atoms with Gasteiger partial charge in [0.15, 0.2) is 0 Å². The first-order valence-electron chi connectivity index (χ1n) is 8.11. The van der Waals surface area contributed by atoms with Crippen molar-refractivity contribution >= 4 is 0 Å². The van der Waals surface area contributed by atoms with Crippen LogP contribution in [0.2, 0.25) is 0 Å². The second-order valence-corrected chi connectivity index (χ2v) is 5.74. The molecule has 0 unspecified atom stereocenters. The molecular weight excluding hydrogens is 254 g/mol. The van der Waals surface area contributed by atoms with E-state index in [1.807, 2.05) is 7.05 Å². The summed E-state index contributed by atoms with van der Waals surface area (Å²) in [6, 6.07) is 19.7. The van der Waals surface area contributed by atoms with E-state index in [1.165, 1.54) is 42.4 Å². The second-order valence-electron chi connectivity index (χ2n) is 5.74. The maximum absolute atomic E-state index is 3.07. The van der Waals surface area contributed by atoms with Crippen LogP contribution >= 0.6 is 0 Å². The van der Waals surface area contributed by atoms with Crippen molar-refractivity contribution in [2.45, 2.75) is 38.5 Å². The van der Waals surface area contributed by atoms with Gasteiger partial charge in [-0.3, -0.25) is 0 Å². The van der Waals surface area contributed by atoms with Gasteiger partial charge in [-0.25, -0.2) is 0 Å². The van der Waals surface area contributed by atoms with Crippen molar-refractivity contribution in [3.05, 3.63) is 71.3 Å². The summed E-state index contributed by atoms with van der Waals surface area (Å²) in [5.74, 6) is 0.698. The van der Waals surface area contributed by atoms with Crippen molar-refractivity contribution in [2.75, 3.05) is 13.6 Å². The van der Waals surface area contributed by atoms with Crippen LogP contribution in [0, 0.1) is 0 Å². The summed E-state index contributed by atoms with van der Waals surface area (Å²) in [4.78, 5) is 0. The maximum atomic E-state index is 3.07. The van der Waals surface area contributed by atoms with Gasteiger partial charge < -0.3 is 5.32 Å². The van der Waals surface area contributed by atoms with E-state index in [9.17, 15) is 0 Å². The molecule has 1 aliphatic rings. The summed E-state index contributed by atoms with van der Waals surface area (Å²) in [5, 5.41) is 3.07. The van der Waals surface area contributed by atoms with E-state index in [4.69, 9.17) is 0 Å². The van der Waals surface area contributed by atoms with Gasteiger partial charge in [-0.05, 0) is 55.5 Å². The van der Waals surface area contributed by atoms with Crippen LogP contribution in [0.4, 0.5) is 0 Å². The average Bonchev–Trinajstić information content (AvgIpc) is 2.98. The zero-order valence-electron chi connectivity index (χ0n) is 13.3.